The summed E-state index contributed by atoms with van der Waals surface area (Å²) in [6.07, 6.45) is 14.5. The fraction of sp³-hybridized carbons (Fsp3) is 0.404. The minimum Gasteiger partial charge on any atom is -0.455 e. The predicted octanol–water partition coefficient (Wildman–Crippen LogP) is 15.8. The van der Waals surface area contributed by atoms with Crippen molar-refractivity contribution in [1.29, 1.82) is 0 Å². The minimum absolute atomic E-state index is 0.0420. The maximum atomic E-state index is 7.05. The Labute approximate surface area is 351 Å². The molecular formula is C57H59NO. The van der Waals surface area contributed by atoms with Gasteiger partial charge in [-0.1, -0.05) is 128 Å². The van der Waals surface area contributed by atoms with Gasteiger partial charge in [-0.2, -0.15) is 0 Å². The van der Waals surface area contributed by atoms with Crippen molar-refractivity contribution >= 4 is 44.6 Å². The first-order valence-electron chi connectivity index (χ1n) is 22.8. The molecule has 1 spiro atoms. The second-order valence-electron chi connectivity index (χ2n) is 22.1. The number of anilines is 3. The SMILES string of the molecule is CC(C)(C)c1cccc2c1oc1c(C(C)(C)C)cc(N(c3ccc4c(c3)C(C)(C)c3ccccc3-4)c3ccc4c(c3)C3(C5=C4C=CCC5)C4CC5CC(C4)CC3C5)cc12. The molecule has 13 rings (SSSR count). The van der Waals surface area contributed by atoms with E-state index in [0.29, 0.717) is 0 Å². The largest absolute Gasteiger partial charge is 0.455 e. The van der Waals surface area contributed by atoms with Gasteiger partial charge in [0.25, 0.3) is 0 Å². The summed E-state index contributed by atoms with van der Waals surface area (Å²) >= 11 is 0. The highest BCUT2D eigenvalue weighted by Crippen LogP contribution is 2.70. The highest BCUT2D eigenvalue weighted by molar-refractivity contribution is 6.09. The number of fused-ring (bicyclic) bond motifs is 8. The zero-order valence-electron chi connectivity index (χ0n) is 36.4. The summed E-state index contributed by atoms with van der Waals surface area (Å²) in [5.41, 5.74) is 20.2. The number of para-hydroxylation sites is 1. The van der Waals surface area contributed by atoms with E-state index >= 15 is 0 Å². The molecule has 0 N–H and O–H groups in total. The van der Waals surface area contributed by atoms with Gasteiger partial charge in [0, 0.05) is 49.8 Å². The highest BCUT2D eigenvalue weighted by Gasteiger charge is 2.62. The molecule has 6 aromatic rings. The minimum atomic E-state index is -0.144. The Morgan fingerprint density at radius 2 is 1.22 bits per heavy atom. The van der Waals surface area contributed by atoms with Gasteiger partial charge in [-0.05, 0) is 155 Å². The van der Waals surface area contributed by atoms with Crippen LogP contribution < -0.4 is 4.90 Å². The number of furan rings is 1. The van der Waals surface area contributed by atoms with Crippen molar-refractivity contribution in [1.82, 2.24) is 0 Å². The van der Waals surface area contributed by atoms with Gasteiger partial charge in [-0.3, -0.25) is 0 Å². The summed E-state index contributed by atoms with van der Waals surface area (Å²) in [7, 11) is 0. The topological polar surface area (TPSA) is 16.4 Å². The van der Waals surface area contributed by atoms with Crippen molar-refractivity contribution in [3.8, 4) is 11.1 Å². The van der Waals surface area contributed by atoms with Crippen LogP contribution in [0.1, 0.15) is 134 Å². The molecule has 7 aliphatic rings. The molecule has 0 unspecified atom stereocenters. The quantitative estimate of drug-likeness (QED) is 0.178. The summed E-state index contributed by atoms with van der Waals surface area (Å²) in [6, 6.07) is 35.8. The van der Waals surface area contributed by atoms with Crippen LogP contribution in [0.2, 0.25) is 0 Å². The lowest BCUT2D eigenvalue weighted by atomic mass is 9.42. The third kappa shape index (κ3) is 4.87. The Morgan fingerprint density at radius 3 is 1.93 bits per heavy atom. The molecule has 0 atom stereocenters. The van der Waals surface area contributed by atoms with Gasteiger partial charge in [0.05, 0.1) is 0 Å². The molecule has 0 radical (unpaired) electrons. The van der Waals surface area contributed by atoms with Crippen LogP contribution in [0, 0.1) is 23.7 Å². The van der Waals surface area contributed by atoms with Crippen molar-refractivity contribution in [2.75, 3.05) is 4.90 Å². The molecule has 7 aliphatic carbocycles. The first-order chi connectivity index (χ1) is 28.2. The van der Waals surface area contributed by atoms with Crippen LogP contribution in [0.5, 0.6) is 0 Å². The van der Waals surface area contributed by atoms with E-state index in [1.807, 2.05) is 0 Å². The first kappa shape index (κ1) is 36.1. The lowest BCUT2D eigenvalue weighted by molar-refractivity contribution is -0.0433. The average molecular weight is 774 g/mol. The molecule has 1 aromatic heterocycles. The molecular weight excluding hydrogens is 715 g/mol. The van der Waals surface area contributed by atoms with E-state index in [1.165, 1.54) is 112 Å². The molecule has 4 saturated carbocycles. The van der Waals surface area contributed by atoms with Crippen LogP contribution in [-0.2, 0) is 21.7 Å². The van der Waals surface area contributed by atoms with E-state index in [2.05, 4.69) is 163 Å². The number of nitrogens with zero attached hydrogens (tertiary/aromatic N) is 1. The van der Waals surface area contributed by atoms with Gasteiger partial charge < -0.3 is 9.32 Å². The molecule has 298 valence electrons. The van der Waals surface area contributed by atoms with Crippen LogP contribution in [-0.4, -0.2) is 0 Å². The molecule has 4 bridgehead atoms. The lowest BCUT2D eigenvalue weighted by Gasteiger charge is -2.62. The van der Waals surface area contributed by atoms with Crippen LogP contribution in [0.15, 0.2) is 113 Å². The molecule has 0 amide bonds. The number of rotatable bonds is 3. The number of allylic oxidation sites excluding steroid dienone is 4. The number of hydrogen-bond acceptors (Lipinski definition) is 2. The molecule has 0 saturated heterocycles. The van der Waals surface area contributed by atoms with Gasteiger partial charge in [0.15, 0.2) is 0 Å². The standard InChI is InChI=1S/C57H59NO/c1-54(2,3)48-19-13-16-44-45-29-39(32-51(55(4,5)6)53(45)59-52(44)48)58(37-20-22-42-40-14-9-11-17-46(40)56(7,8)49(42)30-37)38-21-23-43-41-15-10-12-18-47(41)57(50(43)31-38)35-25-33-24-34(27-35)28-36(57)26-33/h9-11,13-17,19-23,29-36H,12,18,24-28H2,1-8H3. The van der Waals surface area contributed by atoms with Crippen LogP contribution in [0.3, 0.4) is 0 Å². The Bertz CT molecular complexity index is 2810. The Balaban J connectivity index is 1.12. The second-order valence-corrected chi connectivity index (χ2v) is 22.1. The van der Waals surface area contributed by atoms with Crippen LogP contribution in [0.25, 0.3) is 38.6 Å². The smallest absolute Gasteiger partial charge is 0.139 e. The van der Waals surface area contributed by atoms with Crippen LogP contribution in [0.4, 0.5) is 17.1 Å². The van der Waals surface area contributed by atoms with Gasteiger partial charge in [-0.25, -0.2) is 0 Å². The maximum absolute atomic E-state index is 7.05. The van der Waals surface area contributed by atoms with E-state index in [0.717, 1.165) is 34.8 Å². The van der Waals surface area contributed by atoms with E-state index in [1.54, 1.807) is 16.7 Å². The molecule has 4 fully saturated rings. The van der Waals surface area contributed by atoms with Crippen LogP contribution >= 0.6 is 0 Å². The predicted molar refractivity (Wildman–Crippen MR) is 247 cm³/mol. The van der Waals surface area contributed by atoms with Crippen molar-refractivity contribution in [3.63, 3.8) is 0 Å². The molecule has 1 heterocycles. The van der Waals surface area contributed by atoms with Gasteiger partial charge in [0.2, 0.25) is 0 Å². The highest BCUT2D eigenvalue weighted by atomic mass is 16.3. The average Bonchev–Trinajstić information content (AvgIpc) is 3.80. The zero-order chi connectivity index (χ0) is 40.4. The third-order valence-corrected chi connectivity index (χ3v) is 16.4. The second kappa shape index (κ2) is 11.9. The Hall–Kier alpha value is -4.82. The normalized spacial score (nSPS) is 25.9. The summed E-state index contributed by atoms with van der Waals surface area (Å²) in [6.45, 7) is 18.8. The van der Waals surface area contributed by atoms with Gasteiger partial charge >= 0.3 is 0 Å². The van der Waals surface area contributed by atoms with E-state index in [9.17, 15) is 0 Å². The van der Waals surface area contributed by atoms with E-state index < -0.39 is 0 Å². The van der Waals surface area contributed by atoms with E-state index in [4.69, 9.17) is 4.42 Å². The van der Waals surface area contributed by atoms with Crippen molar-refractivity contribution in [2.24, 2.45) is 23.7 Å². The summed E-state index contributed by atoms with van der Waals surface area (Å²) < 4.78 is 7.05. The molecule has 5 aromatic carbocycles. The molecule has 2 nitrogen and oxygen atoms in total. The Morgan fingerprint density at radius 1 is 0.576 bits per heavy atom. The number of benzene rings is 5. The molecule has 2 heteroatoms. The maximum Gasteiger partial charge on any atom is 0.139 e. The Kier molecular flexibility index (Phi) is 7.29. The fourth-order valence-electron chi connectivity index (χ4n) is 14.1. The van der Waals surface area contributed by atoms with Gasteiger partial charge in [0.1, 0.15) is 11.2 Å². The molecule has 59 heavy (non-hydrogen) atoms. The summed E-state index contributed by atoms with van der Waals surface area (Å²) in [4.78, 5) is 2.62. The van der Waals surface area contributed by atoms with Crippen molar-refractivity contribution in [2.45, 2.75) is 122 Å². The van der Waals surface area contributed by atoms with E-state index in [-0.39, 0.29) is 21.7 Å². The summed E-state index contributed by atoms with van der Waals surface area (Å²) in [5.74, 6) is 3.38. The van der Waals surface area contributed by atoms with Gasteiger partial charge in [-0.15, -0.1) is 0 Å². The monoisotopic (exact) mass is 773 g/mol. The van der Waals surface area contributed by atoms with Crippen molar-refractivity contribution < 1.29 is 4.42 Å². The fourth-order valence-corrected chi connectivity index (χ4v) is 14.1. The first-order valence-corrected chi connectivity index (χ1v) is 22.8. The third-order valence-electron chi connectivity index (χ3n) is 16.4. The summed E-state index contributed by atoms with van der Waals surface area (Å²) in [5, 5.41) is 2.41. The molecule has 0 aliphatic heterocycles. The van der Waals surface area contributed by atoms with Crippen molar-refractivity contribution in [3.05, 3.63) is 142 Å². The zero-order valence-corrected chi connectivity index (χ0v) is 36.4. The lowest BCUT2D eigenvalue weighted by Crippen LogP contribution is -2.55. The number of hydrogen-bond donors (Lipinski definition) is 0.